The fraction of sp³-hybridized carbons (Fsp3) is 0.467. The lowest BCUT2D eigenvalue weighted by molar-refractivity contribution is -0.419. The van der Waals surface area contributed by atoms with Crippen molar-refractivity contribution in [2.24, 2.45) is 5.92 Å². The summed E-state index contributed by atoms with van der Waals surface area (Å²) in [5.74, 6) is -1.24. The van der Waals surface area contributed by atoms with Crippen molar-refractivity contribution in [3.63, 3.8) is 0 Å². The number of hydrogen-bond acceptors (Lipinski definition) is 5. The van der Waals surface area contributed by atoms with E-state index in [0.717, 1.165) is 0 Å². The summed E-state index contributed by atoms with van der Waals surface area (Å²) in [6, 6.07) is 0. The van der Waals surface area contributed by atoms with Crippen molar-refractivity contribution in [1.29, 1.82) is 0 Å². The molecule has 0 bridgehead atoms. The molecule has 0 N–H and O–H groups in total. The third-order valence-corrected chi connectivity index (χ3v) is 3.11. The van der Waals surface area contributed by atoms with Crippen LogP contribution in [-0.4, -0.2) is 23.3 Å². The summed E-state index contributed by atoms with van der Waals surface area (Å²) in [6.45, 7) is 3.87. The van der Waals surface area contributed by atoms with Gasteiger partial charge in [0.25, 0.3) is 0 Å². The smallest absolute Gasteiger partial charge is 0.312 e. The number of carbonyl (C=O) groups is 2. The number of nitro groups is 1. The fourth-order valence-corrected chi connectivity index (χ4v) is 2.05. The molecule has 1 aliphatic rings. The van der Waals surface area contributed by atoms with E-state index in [2.05, 4.69) is 0 Å². The van der Waals surface area contributed by atoms with E-state index in [1.807, 2.05) is 19.1 Å². The molecule has 0 aromatic carbocycles. The van der Waals surface area contributed by atoms with Crippen LogP contribution in [0.15, 0.2) is 35.6 Å². The van der Waals surface area contributed by atoms with Crippen LogP contribution in [0.5, 0.6) is 0 Å². The van der Waals surface area contributed by atoms with Crippen LogP contribution in [0.1, 0.15) is 33.1 Å². The summed E-state index contributed by atoms with van der Waals surface area (Å²) in [7, 11) is 0. The molecule has 21 heavy (non-hydrogen) atoms. The number of rotatable bonds is 7. The molecule has 0 aromatic rings. The average molecular weight is 293 g/mol. The average Bonchev–Trinajstić information content (AvgIpc) is 2.45. The zero-order valence-electron chi connectivity index (χ0n) is 12.2. The summed E-state index contributed by atoms with van der Waals surface area (Å²) >= 11 is 0. The van der Waals surface area contributed by atoms with Gasteiger partial charge in [0.2, 0.25) is 5.78 Å². The van der Waals surface area contributed by atoms with Crippen LogP contribution in [0.25, 0.3) is 0 Å². The molecule has 0 heterocycles. The second kappa shape index (κ2) is 8.14. The highest BCUT2D eigenvalue weighted by molar-refractivity contribution is 5.95. The van der Waals surface area contributed by atoms with Crippen molar-refractivity contribution in [3.8, 4) is 0 Å². The predicted molar refractivity (Wildman–Crippen MR) is 77.0 cm³/mol. The van der Waals surface area contributed by atoms with E-state index in [9.17, 15) is 19.7 Å². The number of hydrogen-bond donors (Lipinski definition) is 0. The highest BCUT2D eigenvalue weighted by Gasteiger charge is 2.27. The first kappa shape index (κ1) is 16.8. The number of Topliss-reactive ketones (excluding diaryl/α,β-unsaturated/α-hetero) is 1. The third kappa shape index (κ3) is 4.98. The van der Waals surface area contributed by atoms with Crippen molar-refractivity contribution in [2.45, 2.75) is 33.1 Å². The maximum absolute atomic E-state index is 11.9. The Morgan fingerprint density at radius 2 is 2.29 bits per heavy atom. The van der Waals surface area contributed by atoms with E-state index in [0.29, 0.717) is 25.0 Å². The normalized spacial score (nSPS) is 16.4. The Labute approximate surface area is 123 Å². The first-order valence-corrected chi connectivity index (χ1v) is 6.85. The predicted octanol–water partition coefficient (Wildman–Crippen LogP) is 2.58. The first-order chi connectivity index (χ1) is 9.99. The Morgan fingerprint density at radius 3 is 2.86 bits per heavy atom. The van der Waals surface area contributed by atoms with Gasteiger partial charge in [0.1, 0.15) is 0 Å². The second-order valence-electron chi connectivity index (χ2n) is 4.65. The lowest BCUT2D eigenvalue weighted by Crippen LogP contribution is -2.20. The van der Waals surface area contributed by atoms with Crippen LogP contribution in [0.3, 0.4) is 0 Å². The Morgan fingerprint density at radius 1 is 1.57 bits per heavy atom. The maximum Gasteiger partial charge on any atom is 0.312 e. The van der Waals surface area contributed by atoms with Crippen LogP contribution in [0.2, 0.25) is 0 Å². The minimum Gasteiger partial charge on any atom is -0.466 e. The molecule has 0 amide bonds. The molecule has 1 atom stereocenters. The molecule has 0 aromatic heterocycles. The van der Waals surface area contributed by atoms with Gasteiger partial charge in [-0.15, -0.1) is 0 Å². The quantitative estimate of drug-likeness (QED) is 0.311. The van der Waals surface area contributed by atoms with E-state index < -0.39 is 22.3 Å². The van der Waals surface area contributed by atoms with Gasteiger partial charge in [-0.25, -0.2) is 0 Å². The van der Waals surface area contributed by atoms with Crippen LogP contribution < -0.4 is 0 Å². The topological polar surface area (TPSA) is 86.5 Å². The molecule has 0 spiro atoms. The highest BCUT2D eigenvalue weighted by atomic mass is 16.6. The van der Waals surface area contributed by atoms with Crippen molar-refractivity contribution in [2.75, 3.05) is 6.61 Å². The van der Waals surface area contributed by atoms with Crippen molar-refractivity contribution in [1.82, 2.24) is 0 Å². The van der Waals surface area contributed by atoms with Gasteiger partial charge in [-0.3, -0.25) is 19.7 Å². The van der Waals surface area contributed by atoms with Gasteiger partial charge in [0, 0.05) is 12.5 Å². The zero-order chi connectivity index (χ0) is 15.8. The van der Waals surface area contributed by atoms with E-state index in [4.69, 9.17) is 4.74 Å². The highest BCUT2D eigenvalue weighted by Crippen LogP contribution is 2.24. The van der Waals surface area contributed by atoms with Crippen molar-refractivity contribution >= 4 is 11.8 Å². The Bertz CT molecular complexity index is 516. The van der Waals surface area contributed by atoms with E-state index >= 15 is 0 Å². The Hall–Kier alpha value is -2.24. The van der Waals surface area contributed by atoms with Gasteiger partial charge in [-0.1, -0.05) is 18.2 Å². The summed E-state index contributed by atoms with van der Waals surface area (Å²) < 4.78 is 5.02. The van der Waals surface area contributed by atoms with Crippen LogP contribution >= 0.6 is 0 Å². The molecule has 6 nitrogen and oxygen atoms in total. The standard InChI is InChI=1S/C15H19NO5/c1-3-5-6-12(15(18)21-4-2)9-11-7-8-14(17)13(10-11)16(19)20/h3,5,7,10,12H,4,6,8-9H2,1-2H3. The lowest BCUT2D eigenvalue weighted by Gasteiger charge is -2.15. The van der Waals surface area contributed by atoms with Gasteiger partial charge >= 0.3 is 11.7 Å². The summed E-state index contributed by atoms with van der Waals surface area (Å²) in [6.07, 6.45) is 7.42. The molecule has 6 heteroatoms. The summed E-state index contributed by atoms with van der Waals surface area (Å²) in [5, 5.41) is 10.8. The molecule has 114 valence electrons. The van der Waals surface area contributed by atoms with E-state index in [1.54, 1.807) is 13.0 Å². The van der Waals surface area contributed by atoms with Gasteiger partial charge < -0.3 is 4.74 Å². The number of nitrogens with zero attached hydrogens (tertiary/aromatic N) is 1. The van der Waals surface area contributed by atoms with Crippen molar-refractivity contribution in [3.05, 3.63) is 45.7 Å². The second-order valence-corrected chi connectivity index (χ2v) is 4.65. The van der Waals surface area contributed by atoms with Crippen LogP contribution in [0, 0.1) is 16.0 Å². The van der Waals surface area contributed by atoms with Crippen LogP contribution in [-0.2, 0) is 14.3 Å². The molecule has 1 unspecified atom stereocenters. The summed E-state index contributed by atoms with van der Waals surface area (Å²) in [5.41, 5.74) is 0.213. The van der Waals surface area contributed by atoms with E-state index in [-0.39, 0.29) is 12.4 Å². The molecule has 0 radical (unpaired) electrons. The van der Waals surface area contributed by atoms with Crippen LogP contribution in [0.4, 0.5) is 0 Å². The van der Waals surface area contributed by atoms with E-state index in [1.165, 1.54) is 6.08 Å². The largest absolute Gasteiger partial charge is 0.466 e. The number of allylic oxidation sites excluding steroid dienone is 6. The van der Waals surface area contributed by atoms with Gasteiger partial charge in [-0.2, -0.15) is 0 Å². The van der Waals surface area contributed by atoms with Gasteiger partial charge in [-0.05, 0) is 32.3 Å². The van der Waals surface area contributed by atoms with Crippen molar-refractivity contribution < 1.29 is 19.2 Å². The zero-order valence-corrected chi connectivity index (χ0v) is 12.2. The third-order valence-electron chi connectivity index (χ3n) is 3.11. The van der Waals surface area contributed by atoms with Gasteiger partial charge in [0.15, 0.2) is 0 Å². The fourth-order valence-electron chi connectivity index (χ4n) is 2.05. The monoisotopic (exact) mass is 293 g/mol. The molecule has 0 saturated carbocycles. The molecular weight excluding hydrogens is 274 g/mol. The molecule has 0 fully saturated rings. The number of carbonyl (C=O) groups excluding carboxylic acids is 2. The first-order valence-electron chi connectivity index (χ1n) is 6.85. The lowest BCUT2D eigenvalue weighted by atomic mass is 9.92. The number of esters is 1. The maximum atomic E-state index is 11.9. The Balaban J connectivity index is 2.85. The van der Waals surface area contributed by atoms with Gasteiger partial charge in [0.05, 0.1) is 17.4 Å². The number of ether oxygens (including phenoxy) is 1. The molecule has 0 aliphatic heterocycles. The molecule has 1 rings (SSSR count). The SMILES string of the molecule is CC=CCC(CC1=CCC(=O)C([N+](=O)[O-])=C1)C(=O)OCC. The molecular formula is C15H19NO5. The molecule has 0 saturated heterocycles. The minimum absolute atomic E-state index is 0.00130. The minimum atomic E-state index is -0.680. The molecule has 1 aliphatic carbocycles. The number of ketones is 1. The summed E-state index contributed by atoms with van der Waals surface area (Å²) in [4.78, 5) is 33.4. The Kier molecular flexibility index (Phi) is 6.52.